The molecule has 0 aromatic heterocycles. The number of rotatable bonds is 6. The highest BCUT2D eigenvalue weighted by molar-refractivity contribution is 6.22. The van der Waals surface area contributed by atoms with Crippen LogP contribution in [0.3, 0.4) is 0 Å². The van der Waals surface area contributed by atoms with Crippen molar-refractivity contribution in [2.75, 3.05) is 20.2 Å². The number of hydrogen-bond donors (Lipinski definition) is 0. The van der Waals surface area contributed by atoms with Crippen molar-refractivity contribution in [2.45, 2.75) is 38.1 Å². The van der Waals surface area contributed by atoms with Gasteiger partial charge in [-0.05, 0) is 43.2 Å². The number of amides is 3. The van der Waals surface area contributed by atoms with Crippen LogP contribution in [0.4, 0.5) is 0 Å². The third-order valence-electron chi connectivity index (χ3n) is 5.89. The number of likely N-dealkylation sites (N-methyl/N-ethyl adjacent to an activating group) is 1. The van der Waals surface area contributed by atoms with Crippen LogP contribution in [0.5, 0.6) is 5.75 Å². The molecule has 0 unspecified atom stereocenters. The van der Waals surface area contributed by atoms with Crippen LogP contribution in [0.1, 0.15) is 63.2 Å². The maximum Gasteiger partial charge on any atom is 0.261 e. The number of carbonyl (C=O) groups excluding carboxylic acids is 3. The van der Waals surface area contributed by atoms with E-state index in [1.807, 2.05) is 30.3 Å². The summed E-state index contributed by atoms with van der Waals surface area (Å²) in [7, 11) is 1.70. The fraction of sp³-hybridized carbons (Fsp3) is 0.375. The summed E-state index contributed by atoms with van der Waals surface area (Å²) in [5.41, 5.74) is 1.14. The zero-order chi connectivity index (χ0) is 21.1. The number of fused-ring (bicyclic) bond motifs is 1. The van der Waals surface area contributed by atoms with Crippen LogP contribution >= 0.6 is 0 Å². The summed E-state index contributed by atoms with van der Waals surface area (Å²) in [6.45, 7) is 0.774. The van der Waals surface area contributed by atoms with Gasteiger partial charge in [-0.1, -0.05) is 37.5 Å². The van der Waals surface area contributed by atoms with Crippen molar-refractivity contribution in [1.29, 1.82) is 0 Å². The van der Waals surface area contributed by atoms with Crippen LogP contribution in [0.25, 0.3) is 0 Å². The van der Waals surface area contributed by atoms with E-state index in [9.17, 15) is 14.4 Å². The molecule has 2 aromatic carbocycles. The first kappa shape index (κ1) is 20.1. The Kier molecular flexibility index (Phi) is 5.84. The molecule has 156 valence electrons. The van der Waals surface area contributed by atoms with Crippen LogP contribution in [-0.2, 0) is 0 Å². The van der Waals surface area contributed by atoms with Gasteiger partial charge in [0, 0.05) is 18.7 Å². The van der Waals surface area contributed by atoms with Crippen molar-refractivity contribution < 1.29 is 19.1 Å². The third kappa shape index (κ3) is 3.95. The molecule has 6 nitrogen and oxygen atoms in total. The second kappa shape index (κ2) is 8.69. The average Bonchev–Trinajstić information content (AvgIpc) is 3.04. The standard InChI is InChI=1S/C24H26N2O4/c1-25(14-15-30-19-10-6-3-7-11-19)22(27)17-12-13-20-21(16-17)24(29)26(23(20)28)18-8-4-2-5-9-18/h3,6-7,10-13,16,18H,2,4-5,8-9,14-15H2,1H3. The first-order chi connectivity index (χ1) is 14.6. The molecule has 0 spiro atoms. The quantitative estimate of drug-likeness (QED) is 0.685. The molecule has 1 aliphatic carbocycles. The number of nitrogens with zero attached hydrogens (tertiary/aromatic N) is 2. The molecule has 0 radical (unpaired) electrons. The molecule has 6 heteroatoms. The molecule has 0 N–H and O–H groups in total. The first-order valence-electron chi connectivity index (χ1n) is 10.5. The molecule has 1 saturated carbocycles. The molecule has 30 heavy (non-hydrogen) atoms. The molecular weight excluding hydrogens is 380 g/mol. The lowest BCUT2D eigenvalue weighted by Gasteiger charge is -2.29. The number of benzene rings is 2. The fourth-order valence-corrected chi connectivity index (χ4v) is 4.20. The summed E-state index contributed by atoms with van der Waals surface area (Å²) < 4.78 is 5.65. The number of carbonyl (C=O) groups is 3. The van der Waals surface area contributed by atoms with Gasteiger partial charge < -0.3 is 9.64 Å². The lowest BCUT2D eigenvalue weighted by atomic mass is 9.94. The lowest BCUT2D eigenvalue weighted by molar-refractivity contribution is 0.0548. The minimum atomic E-state index is -0.272. The largest absolute Gasteiger partial charge is 0.492 e. The number of hydrogen-bond acceptors (Lipinski definition) is 4. The maximum atomic E-state index is 12.9. The van der Waals surface area contributed by atoms with Crippen molar-refractivity contribution in [3.63, 3.8) is 0 Å². The van der Waals surface area contributed by atoms with Crippen LogP contribution in [0, 0.1) is 0 Å². The Morgan fingerprint density at radius 3 is 2.43 bits per heavy atom. The molecule has 1 fully saturated rings. The summed E-state index contributed by atoms with van der Waals surface area (Å²) >= 11 is 0. The van der Waals surface area contributed by atoms with Crippen molar-refractivity contribution in [3.05, 3.63) is 65.2 Å². The molecule has 4 rings (SSSR count). The number of imide groups is 1. The summed E-state index contributed by atoms with van der Waals surface area (Å²) in [6, 6.07) is 14.2. The van der Waals surface area contributed by atoms with Gasteiger partial charge in [-0.25, -0.2) is 0 Å². The highest BCUT2D eigenvalue weighted by Crippen LogP contribution is 2.31. The highest BCUT2D eigenvalue weighted by atomic mass is 16.5. The SMILES string of the molecule is CN(CCOc1ccccc1)C(=O)c1ccc2c(c1)C(=O)N(C1CCCCC1)C2=O. The first-order valence-corrected chi connectivity index (χ1v) is 10.5. The fourth-order valence-electron chi connectivity index (χ4n) is 4.20. The second-order valence-electron chi connectivity index (χ2n) is 7.92. The van der Waals surface area contributed by atoms with E-state index in [0.717, 1.165) is 37.9 Å². The number of para-hydroxylation sites is 1. The van der Waals surface area contributed by atoms with Crippen LogP contribution in [-0.4, -0.2) is 53.8 Å². The van der Waals surface area contributed by atoms with Gasteiger partial charge in [0.2, 0.25) is 0 Å². The molecular formula is C24H26N2O4. The predicted octanol–water partition coefficient (Wildman–Crippen LogP) is 3.77. The van der Waals surface area contributed by atoms with E-state index in [0.29, 0.717) is 29.8 Å². The summed E-state index contributed by atoms with van der Waals surface area (Å²) in [6.07, 6.45) is 4.96. The molecule has 2 aromatic rings. The van der Waals surface area contributed by atoms with E-state index in [1.165, 1.54) is 4.90 Å². The summed E-state index contributed by atoms with van der Waals surface area (Å²) in [5.74, 6) is 0.0470. The zero-order valence-electron chi connectivity index (χ0n) is 17.2. The van der Waals surface area contributed by atoms with Crippen molar-refractivity contribution in [2.24, 2.45) is 0 Å². The van der Waals surface area contributed by atoms with Gasteiger partial charge in [-0.3, -0.25) is 19.3 Å². The molecule has 1 aliphatic heterocycles. The minimum absolute atomic E-state index is 0.0249. The topological polar surface area (TPSA) is 66.9 Å². The Labute approximate surface area is 176 Å². The monoisotopic (exact) mass is 406 g/mol. The van der Waals surface area contributed by atoms with Gasteiger partial charge in [0.05, 0.1) is 17.7 Å². The van der Waals surface area contributed by atoms with Crippen molar-refractivity contribution >= 4 is 17.7 Å². The van der Waals surface area contributed by atoms with E-state index in [-0.39, 0.29) is 23.8 Å². The van der Waals surface area contributed by atoms with E-state index in [2.05, 4.69) is 0 Å². The molecule has 2 aliphatic rings. The van der Waals surface area contributed by atoms with E-state index in [4.69, 9.17) is 4.74 Å². The van der Waals surface area contributed by atoms with Gasteiger partial charge in [-0.2, -0.15) is 0 Å². The maximum absolute atomic E-state index is 12.9. The van der Waals surface area contributed by atoms with Crippen LogP contribution < -0.4 is 4.74 Å². The summed E-state index contributed by atoms with van der Waals surface area (Å²) in [4.78, 5) is 41.5. The highest BCUT2D eigenvalue weighted by Gasteiger charge is 2.40. The van der Waals surface area contributed by atoms with Gasteiger partial charge in [0.25, 0.3) is 17.7 Å². The van der Waals surface area contributed by atoms with Crippen molar-refractivity contribution in [3.8, 4) is 5.75 Å². The lowest BCUT2D eigenvalue weighted by Crippen LogP contribution is -2.40. The van der Waals surface area contributed by atoms with Crippen LogP contribution in [0.2, 0.25) is 0 Å². The normalized spacial score (nSPS) is 16.5. The van der Waals surface area contributed by atoms with E-state index in [1.54, 1.807) is 30.1 Å². The molecule has 1 heterocycles. The van der Waals surface area contributed by atoms with Crippen molar-refractivity contribution in [1.82, 2.24) is 9.80 Å². The van der Waals surface area contributed by atoms with Gasteiger partial charge in [-0.15, -0.1) is 0 Å². The molecule has 0 bridgehead atoms. The Morgan fingerprint density at radius 2 is 1.70 bits per heavy atom. The number of ether oxygens (including phenoxy) is 1. The van der Waals surface area contributed by atoms with Gasteiger partial charge >= 0.3 is 0 Å². The Bertz CT molecular complexity index is 951. The Hall–Kier alpha value is -3.15. The molecule has 0 saturated heterocycles. The molecule has 3 amide bonds. The zero-order valence-corrected chi connectivity index (χ0v) is 17.2. The van der Waals surface area contributed by atoms with Gasteiger partial charge in [0.15, 0.2) is 0 Å². The third-order valence-corrected chi connectivity index (χ3v) is 5.89. The second-order valence-corrected chi connectivity index (χ2v) is 7.92. The van der Waals surface area contributed by atoms with Gasteiger partial charge in [0.1, 0.15) is 12.4 Å². The smallest absolute Gasteiger partial charge is 0.261 e. The summed E-state index contributed by atoms with van der Waals surface area (Å²) in [5, 5.41) is 0. The van der Waals surface area contributed by atoms with E-state index < -0.39 is 0 Å². The minimum Gasteiger partial charge on any atom is -0.492 e. The Morgan fingerprint density at radius 1 is 1.00 bits per heavy atom. The van der Waals surface area contributed by atoms with E-state index >= 15 is 0 Å². The Balaban J connectivity index is 1.42. The average molecular weight is 406 g/mol. The predicted molar refractivity (Wildman–Crippen MR) is 113 cm³/mol. The molecule has 0 atom stereocenters. The van der Waals surface area contributed by atoms with Crippen LogP contribution in [0.15, 0.2) is 48.5 Å².